The summed E-state index contributed by atoms with van der Waals surface area (Å²) >= 11 is 0. The number of rotatable bonds is 4. The summed E-state index contributed by atoms with van der Waals surface area (Å²) in [6.45, 7) is 3.82. The molecule has 0 radical (unpaired) electrons. The van der Waals surface area contributed by atoms with Crippen LogP contribution in [0.25, 0.3) is 11.5 Å². The van der Waals surface area contributed by atoms with Crippen LogP contribution in [0.4, 0.5) is 0 Å². The maximum atomic E-state index is 5.65. The monoisotopic (exact) mass is 309 g/mol. The van der Waals surface area contributed by atoms with E-state index in [1.165, 1.54) is 0 Å². The minimum absolute atomic E-state index is 0. The second-order valence-electron chi connectivity index (χ2n) is 4.97. The molecule has 3 rings (SSSR count). The average Bonchev–Trinajstić information content (AvgIpc) is 2.97. The molecule has 1 aliphatic heterocycles. The summed E-state index contributed by atoms with van der Waals surface area (Å²) in [5.41, 5.74) is 7.60. The molecule has 5 nitrogen and oxygen atoms in total. The Labute approximate surface area is 130 Å². The van der Waals surface area contributed by atoms with Gasteiger partial charge < -0.3 is 14.9 Å². The second-order valence-corrected chi connectivity index (χ2v) is 4.97. The molecule has 1 aromatic heterocycles. The van der Waals surface area contributed by atoms with Crippen molar-refractivity contribution >= 4 is 12.4 Å². The molecule has 0 amide bonds. The fourth-order valence-electron chi connectivity index (χ4n) is 2.39. The Morgan fingerprint density at radius 3 is 2.86 bits per heavy atom. The van der Waals surface area contributed by atoms with Crippen LogP contribution in [0.3, 0.4) is 0 Å². The Bertz CT molecular complexity index is 547. The predicted octanol–water partition coefficient (Wildman–Crippen LogP) is 1.92. The molecule has 1 fully saturated rings. The summed E-state index contributed by atoms with van der Waals surface area (Å²) in [5.74, 6) is 0.671. The quantitative estimate of drug-likeness (QED) is 0.935. The highest BCUT2D eigenvalue weighted by Gasteiger charge is 2.20. The Balaban J connectivity index is 0.00000161. The van der Waals surface area contributed by atoms with Crippen LogP contribution >= 0.6 is 12.4 Å². The van der Waals surface area contributed by atoms with Gasteiger partial charge in [-0.3, -0.25) is 4.90 Å². The first-order chi connectivity index (χ1) is 9.85. The second kappa shape index (κ2) is 7.56. The fraction of sp³-hybridized carbons (Fsp3) is 0.400. The van der Waals surface area contributed by atoms with E-state index in [2.05, 4.69) is 9.88 Å². The van der Waals surface area contributed by atoms with E-state index >= 15 is 0 Å². The van der Waals surface area contributed by atoms with Gasteiger partial charge in [-0.1, -0.05) is 18.2 Å². The van der Waals surface area contributed by atoms with Gasteiger partial charge in [-0.25, -0.2) is 4.98 Å². The van der Waals surface area contributed by atoms with E-state index in [4.69, 9.17) is 14.9 Å². The van der Waals surface area contributed by atoms with Gasteiger partial charge in [-0.15, -0.1) is 12.4 Å². The van der Waals surface area contributed by atoms with Crippen molar-refractivity contribution < 1.29 is 9.15 Å². The van der Waals surface area contributed by atoms with Crippen molar-refractivity contribution in [3.63, 3.8) is 0 Å². The van der Waals surface area contributed by atoms with Gasteiger partial charge in [0.1, 0.15) is 6.26 Å². The van der Waals surface area contributed by atoms with E-state index in [-0.39, 0.29) is 18.5 Å². The molecule has 2 aromatic rings. The van der Waals surface area contributed by atoms with Crippen LogP contribution < -0.4 is 5.73 Å². The van der Waals surface area contributed by atoms with Gasteiger partial charge in [0.25, 0.3) is 0 Å². The van der Waals surface area contributed by atoms with Gasteiger partial charge in [0.05, 0.1) is 18.4 Å². The normalized spacial score (nSPS) is 19.2. The Hall–Kier alpha value is -1.40. The molecule has 2 N–H and O–H groups in total. The number of morpholine rings is 1. The zero-order chi connectivity index (χ0) is 13.8. The van der Waals surface area contributed by atoms with E-state index in [0.29, 0.717) is 12.4 Å². The van der Waals surface area contributed by atoms with Gasteiger partial charge in [-0.05, 0) is 12.1 Å². The summed E-state index contributed by atoms with van der Waals surface area (Å²) in [7, 11) is 0. The number of ether oxygens (including phenoxy) is 1. The van der Waals surface area contributed by atoms with E-state index in [9.17, 15) is 0 Å². The lowest BCUT2D eigenvalue weighted by Crippen LogP contribution is -2.45. The molecule has 21 heavy (non-hydrogen) atoms. The SMILES string of the molecule is Cl.NCC1CN(Cc2coc(-c3ccccc3)n2)CCO1. The first-order valence-electron chi connectivity index (χ1n) is 6.89. The Morgan fingerprint density at radius 2 is 2.10 bits per heavy atom. The van der Waals surface area contributed by atoms with E-state index in [0.717, 1.165) is 37.5 Å². The maximum Gasteiger partial charge on any atom is 0.226 e. The van der Waals surface area contributed by atoms with Crippen LogP contribution in [0.5, 0.6) is 0 Å². The first-order valence-corrected chi connectivity index (χ1v) is 6.89. The van der Waals surface area contributed by atoms with Crippen molar-refractivity contribution in [1.29, 1.82) is 0 Å². The molecule has 0 spiro atoms. The maximum absolute atomic E-state index is 5.65. The molecule has 1 aliphatic rings. The largest absolute Gasteiger partial charge is 0.444 e. The van der Waals surface area contributed by atoms with Crippen LogP contribution in [-0.4, -0.2) is 42.2 Å². The molecule has 1 aromatic carbocycles. The zero-order valence-electron chi connectivity index (χ0n) is 11.8. The summed E-state index contributed by atoms with van der Waals surface area (Å²) < 4.78 is 11.1. The van der Waals surface area contributed by atoms with Crippen LogP contribution in [0.15, 0.2) is 41.0 Å². The number of oxazole rings is 1. The van der Waals surface area contributed by atoms with Crippen molar-refractivity contribution in [2.75, 3.05) is 26.2 Å². The molecule has 1 atom stereocenters. The lowest BCUT2D eigenvalue weighted by atomic mass is 10.2. The summed E-state index contributed by atoms with van der Waals surface area (Å²) in [4.78, 5) is 6.84. The number of halogens is 1. The Kier molecular flexibility index (Phi) is 5.76. The lowest BCUT2D eigenvalue weighted by molar-refractivity contribution is -0.0264. The first kappa shape index (κ1) is 16.0. The molecular formula is C15H20ClN3O2. The van der Waals surface area contributed by atoms with Gasteiger partial charge in [0.15, 0.2) is 0 Å². The van der Waals surface area contributed by atoms with Crippen LogP contribution in [0.2, 0.25) is 0 Å². The van der Waals surface area contributed by atoms with E-state index in [1.807, 2.05) is 30.3 Å². The number of aromatic nitrogens is 1. The summed E-state index contributed by atoms with van der Waals surface area (Å²) in [5, 5.41) is 0. The van der Waals surface area contributed by atoms with Gasteiger partial charge in [-0.2, -0.15) is 0 Å². The number of benzene rings is 1. The smallest absolute Gasteiger partial charge is 0.226 e. The number of hydrogen-bond donors (Lipinski definition) is 1. The third kappa shape index (κ3) is 4.04. The van der Waals surface area contributed by atoms with Gasteiger partial charge >= 0.3 is 0 Å². The summed E-state index contributed by atoms with van der Waals surface area (Å²) in [6.07, 6.45) is 1.86. The molecule has 6 heteroatoms. The minimum Gasteiger partial charge on any atom is -0.444 e. The average molecular weight is 310 g/mol. The molecule has 1 unspecified atom stereocenters. The molecule has 0 bridgehead atoms. The van der Waals surface area contributed by atoms with Gasteiger partial charge in [0.2, 0.25) is 5.89 Å². The van der Waals surface area contributed by atoms with E-state index < -0.39 is 0 Å². The number of nitrogens with two attached hydrogens (primary N) is 1. The van der Waals surface area contributed by atoms with Gasteiger partial charge in [0, 0.05) is 31.7 Å². The minimum atomic E-state index is 0. The predicted molar refractivity (Wildman–Crippen MR) is 83.3 cm³/mol. The number of nitrogens with zero attached hydrogens (tertiary/aromatic N) is 2. The standard InChI is InChI=1S/C15H19N3O2.ClH/c16-8-14-10-18(6-7-19-14)9-13-11-20-15(17-13)12-4-2-1-3-5-12;/h1-5,11,14H,6-10,16H2;1H. The van der Waals surface area contributed by atoms with Crippen molar-refractivity contribution in [3.8, 4) is 11.5 Å². The Morgan fingerprint density at radius 1 is 1.29 bits per heavy atom. The highest BCUT2D eigenvalue weighted by atomic mass is 35.5. The molecule has 0 aliphatic carbocycles. The van der Waals surface area contributed by atoms with Crippen molar-refractivity contribution in [2.45, 2.75) is 12.6 Å². The van der Waals surface area contributed by atoms with Crippen LogP contribution in [-0.2, 0) is 11.3 Å². The zero-order valence-corrected chi connectivity index (χ0v) is 12.6. The topological polar surface area (TPSA) is 64.5 Å². The highest BCUT2D eigenvalue weighted by molar-refractivity contribution is 5.85. The molecule has 114 valence electrons. The van der Waals surface area contributed by atoms with Crippen molar-refractivity contribution in [3.05, 3.63) is 42.3 Å². The number of hydrogen-bond acceptors (Lipinski definition) is 5. The molecule has 1 saturated heterocycles. The highest BCUT2D eigenvalue weighted by Crippen LogP contribution is 2.19. The fourth-order valence-corrected chi connectivity index (χ4v) is 2.39. The van der Waals surface area contributed by atoms with E-state index in [1.54, 1.807) is 6.26 Å². The van der Waals surface area contributed by atoms with Crippen LogP contribution in [0, 0.1) is 0 Å². The van der Waals surface area contributed by atoms with Crippen molar-refractivity contribution in [1.82, 2.24) is 9.88 Å². The third-order valence-electron chi connectivity index (χ3n) is 3.44. The van der Waals surface area contributed by atoms with Crippen molar-refractivity contribution in [2.24, 2.45) is 5.73 Å². The lowest BCUT2D eigenvalue weighted by Gasteiger charge is -2.31. The molecular weight excluding hydrogens is 290 g/mol. The molecule has 0 saturated carbocycles. The molecule has 2 heterocycles. The van der Waals surface area contributed by atoms with Crippen LogP contribution in [0.1, 0.15) is 5.69 Å². The summed E-state index contributed by atoms with van der Waals surface area (Å²) in [6, 6.07) is 9.93. The third-order valence-corrected chi connectivity index (χ3v) is 3.44.